The van der Waals surface area contributed by atoms with E-state index >= 15 is 0 Å². The number of carbonyl (C=O) groups is 1. The van der Waals surface area contributed by atoms with Crippen LogP contribution in [-0.4, -0.2) is 32.7 Å². The molecule has 0 spiro atoms. The van der Waals surface area contributed by atoms with Crippen LogP contribution in [0.25, 0.3) is 0 Å². The maximum Gasteiger partial charge on any atom is 0.267 e. The van der Waals surface area contributed by atoms with E-state index in [1.165, 1.54) is 4.31 Å². The van der Waals surface area contributed by atoms with Gasteiger partial charge in [0.05, 0.1) is 18.0 Å². The molecule has 6 nitrogen and oxygen atoms in total. The number of carbonyl (C=O) groups excluding carboxylic acids is 1. The Morgan fingerprint density at radius 1 is 1.31 bits per heavy atom. The second-order valence-corrected chi connectivity index (χ2v) is 8.57. The highest BCUT2D eigenvalue weighted by Crippen LogP contribution is 2.35. The Morgan fingerprint density at radius 2 is 2.04 bits per heavy atom. The van der Waals surface area contributed by atoms with Gasteiger partial charge in [0, 0.05) is 10.7 Å². The van der Waals surface area contributed by atoms with Crippen molar-refractivity contribution < 1.29 is 17.9 Å². The van der Waals surface area contributed by atoms with E-state index in [0.29, 0.717) is 22.1 Å². The molecule has 0 aliphatic carbocycles. The van der Waals surface area contributed by atoms with Crippen molar-refractivity contribution in [3.05, 3.63) is 53.1 Å². The molecule has 0 bridgehead atoms. The molecule has 2 aromatic carbocycles. The topological polar surface area (TPSA) is 75.7 Å². The molecule has 1 aliphatic heterocycles. The van der Waals surface area contributed by atoms with E-state index in [-0.39, 0.29) is 12.3 Å². The molecule has 8 heteroatoms. The second-order valence-electron chi connectivity index (χ2n) is 5.95. The fraction of sp³-hybridized carbons (Fsp3) is 0.278. The van der Waals surface area contributed by atoms with E-state index in [1.54, 1.807) is 49.4 Å². The van der Waals surface area contributed by atoms with Crippen LogP contribution in [0.2, 0.25) is 5.02 Å². The van der Waals surface area contributed by atoms with Gasteiger partial charge in [-0.1, -0.05) is 29.8 Å². The molecule has 0 aromatic heterocycles. The number of para-hydroxylation sites is 2. The number of halogens is 1. The van der Waals surface area contributed by atoms with Gasteiger partial charge in [0.2, 0.25) is 10.0 Å². The van der Waals surface area contributed by atoms with E-state index in [2.05, 4.69) is 5.32 Å². The molecule has 0 saturated heterocycles. The number of fused-ring (bicyclic) bond motifs is 1. The lowest BCUT2D eigenvalue weighted by Crippen LogP contribution is -2.49. The summed E-state index contributed by atoms with van der Waals surface area (Å²) in [6.07, 6.45) is -0.968. The quantitative estimate of drug-likeness (QED) is 0.863. The molecule has 0 fully saturated rings. The van der Waals surface area contributed by atoms with Gasteiger partial charge >= 0.3 is 0 Å². The van der Waals surface area contributed by atoms with E-state index in [9.17, 15) is 13.2 Å². The van der Waals surface area contributed by atoms with Crippen LogP contribution < -0.4 is 14.4 Å². The SMILES string of the molecule is CCS(=O)(=O)N1C[C@@H](C(=O)Nc2cc(Cl)ccc2C)Oc2ccccc21. The van der Waals surface area contributed by atoms with E-state index in [1.807, 2.05) is 6.92 Å². The van der Waals surface area contributed by atoms with Gasteiger partial charge in [-0.2, -0.15) is 0 Å². The summed E-state index contributed by atoms with van der Waals surface area (Å²) in [5.41, 5.74) is 1.85. The molecule has 1 aliphatic rings. The molecule has 0 unspecified atom stereocenters. The zero-order valence-corrected chi connectivity index (χ0v) is 16.0. The third-order valence-corrected chi connectivity index (χ3v) is 6.17. The van der Waals surface area contributed by atoms with Crippen molar-refractivity contribution >= 4 is 38.9 Å². The number of ether oxygens (including phenoxy) is 1. The number of aryl methyl sites for hydroxylation is 1. The van der Waals surface area contributed by atoms with Crippen molar-refractivity contribution in [3.8, 4) is 5.75 Å². The lowest BCUT2D eigenvalue weighted by Gasteiger charge is -2.34. The van der Waals surface area contributed by atoms with Gasteiger partial charge in [-0.25, -0.2) is 8.42 Å². The van der Waals surface area contributed by atoms with Crippen molar-refractivity contribution in [3.63, 3.8) is 0 Å². The number of sulfonamides is 1. The Kier molecular flexibility index (Phi) is 5.11. The van der Waals surface area contributed by atoms with Crippen molar-refractivity contribution in [2.45, 2.75) is 20.0 Å². The molecular formula is C18H19ClN2O4S. The zero-order valence-electron chi connectivity index (χ0n) is 14.4. The molecule has 138 valence electrons. The van der Waals surface area contributed by atoms with Crippen molar-refractivity contribution in [2.24, 2.45) is 0 Å². The van der Waals surface area contributed by atoms with Crippen molar-refractivity contribution in [1.29, 1.82) is 0 Å². The minimum atomic E-state index is -3.54. The fourth-order valence-corrected chi connectivity index (χ4v) is 4.00. The van der Waals surface area contributed by atoms with Crippen LogP contribution in [0.5, 0.6) is 5.75 Å². The summed E-state index contributed by atoms with van der Waals surface area (Å²) in [7, 11) is -3.54. The van der Waals surface area contributed by atoms with Gasteiger partial charge in [-0.05, 0) is 43.7 Å². The average molecular weight is 395 g/mol. The summed E-state index contributed by atoms with van der Waals surface area (Å²) < 4.78 is 31.9. The Balaban J connectivity index is 1.90. The maximum absolute atomic E-state index is 12.7. The summed E-state index contributed by atoms with van der Waals surface area (Å²) in [4.78, 5) is 12.7. The normalized spacial score (nSPS) is 16.6. The molecule has 1 amide bonds. The lowest BCUT2D eigenvalue weighted by molar-refractivity contribution is -0.122. The minimum Gasteiger partial charge on any atom is -0.476 e. The van der Waals surface area contributed by atoms with Crippen LogP contribution in [0.4, 0.5) is 11.4 Å². The smallest absolute Gasteiger partial charge is 0.267 e. The molecular weight excluding hydrogens is 376 g/mol. The number of benzene rings is 2. The Labute approximate surface area is 157 Å². The third-order valence-electron chi connectivity index (χ3n) is 4.19. The highest BCUT2D eigenvalue weighted by Gasteiger charge is 2.36. The largest absolute Gasteiger partial charge is 0.476 e. The highest BCUT2D eigenvalue weighted by molar-refractivity contribution is 7.92. The predicted molar refractivity (Wildman–Crippen MR) is 102 cm³/mol. The lowest BCUT2D eigenvalue weighted by atomic mass is 10.1. The minimum absolute atomic E-state index is 0.0664. The van der Waals surface area contributed by atoms with Crippen LogP contribution in [-0.2, 0) is 14.8 Å². The summed E-state index contributed by atoms with van der Waals surface area (Å²) >= 11 is 5.98. The van der Waals surface area contributed by atoms with Crippen molar-refractivity contribution in [1.82, 2.24) is 0 Å². The van der Waals surface area contributed by atoms with Crippen LogP contribution >= 0.6 is 11.6 Å². The van der Waals surface area contributed by atoms with E-state index < -0.39 is 22.0 Å². The second kappa shape index (κ2) is 7.17. The summed E-state index contributed by atoms with van der Waals surface area (Å²) in [5.74, 6) is -0.136. The highest BCUT2D eigenvalue weighted by atomic mass is 35.5. The summed E-state index contributed by atoms with van der Waals surface area (Å²) in [6.45, 7) is 3.33. The average Bonchev–Trinajstić information content (AvgIpc) is 2.63. The van der Waals surface area contributed by atoms with Gasteiger partial charge < -0.3 is 10.1 Å². The molecule has 3 rings (SSSR count). The Bertz CT molecular complexity index is 946. The Morgan fingerprint density at radius 3 is 2.77 bits per heavy atom. The summed E-state index contributed by atoms with van der Waals surface area (Å²) in [5, 5.41) is 3.27. The number of hydrogen-bond donors (Lipinski definition) is 1. The molecule has 1 heterocycles. The fourth-order valence-electron chi connectivity index (χ4n) is 2.70. The number of rotatable bonds is 4. The van der Waals surface area contributed by atoms with Crippen LogP contribution in [0, 0.1) is 6.92 Å². The standard InChI is InChI=1S/C18H19ClN2O4S/c1-3-26(23,24)21-11-17(25-16-7-5-4-6-15(16)21)18(22)20-14-10-13(19)9-8-12(14)2/h4-10,17H,3,11H2,1-2H3,(H,20,22)/t17-/m0/s1. The summed E-state index contributed by atoms with van der Waals surface area (Å²) in [6, 6.07) is 12.0. The van der Waals surface area contributed by atoms with E-state index in [4.69, 9.17) is 16.3 Å². The van der Waals surface area contributed by atoms with Gasteiger partial charge in [0.25, 0.3) is 5.91 Å². The van der Waals surface area contributed by atoms with Crippen LogP contribution in [0.15, 0.2) is 42.5 Å². The Hall–Kier alpha value is -2.25. The monoisotopic (exact) mass is 394 g/mol. The molecule has 0 saturated carbocycles. The number of nitrogens with one attached hydrogen (secondary N) is 1. The molecule has 0 radical (unpaired) electrons. The van der Waals surface area contributed by atoms with Crippen LogP contribution in [0.1, 0.15) is 12.5 Å². The number of amides is 1. The first-order valence-corrected chi connectivity index (χ1v) is 10.1. The van der Waals surface area contributed by atoms with Gasteiger partial charge in [-0.3, -0.25) is 9.10 Å². The van der Waals surface area contributed by atoms with Crippen LogP contribution in [0.3, 0.4) is 0 Å². The zero-order chi connectivity index (χ0) is 18.9. The predicted octanol–water partition coefficient (Wildman–Crippen LogP) is 3.20. The molecule has 1 atom stereocenters. The number of nitrogens with zero attached hydrogens (tertiary/aromatic N) is 1. The molecule has 1 N–H and O–H groups in total. The number of hydrogen-bond acceptors (Lipinski definition) is 4. The van der Waals surface area contributed by atoms with Crippen molar-refractivity contribution in [2.75, 3.05) is 21.9 Å². The third kappa shape index (κ3) is 3.64. The first kappa shape index (κ1) is 18.5. The molecule has 2 aromatic rings. The maximum atomic E-state index is 12.7. The first-order valence-electron chi connectivity index (χ1n) is 8.15. The van der Waals surface area contributed by atoms with E-state index in [0.717, 1.165) is 5.56 Å². The molecule has 26 heavy (non-hydrogen) atoms. The number of anilines is 2. The van der Waals surface area contributed by atoms with Gasteiger partial charge in [-0.15, -0.1) is 0 Å². The van der Waals surface area contributed by atoms with Gasteiger partial charge in [0.1, 0.15) is 5.75 Å². The first-order chi connectivity index (χ1) is 12.3. The van der Waals surface area contributed by atoms with Gasteiger partial charge in [0.15, 0.2) is 6.10 Å².